The summed E-state index contributed by atoms with van der Waals surface area (Å²) in [4.78, 5) is 60.5. The molecule has 23 atom stereocenters. The molecule has 0 spiro atoms. The van der Waals surface area contributed by atoms with E-state index < -0.39 is 190 Å². The molecule has 4 fully saturated rings. The fraction of sp³-hybridized carbons (Fsp3) is 0.794. The van der Waals surface area contributed by atoms with Crippen LogP contribution in [0.25, 0.3) is 0 Å². The summed E-state index contributed by atoms with van der Waals surface area (Å²) in [6, 6.07) is -3.64. The van der Waals surface area contributed by atoms with Crippen LogP contribution in [0.1, 0.15) is 13.8 Å². The van der Waals surface area contributed by atoms with Gasteiger partial charge in [-0.15, -0.1) is 0 Å². The number of amides is 2. The Balaban J connectivity index is 1.35. The third-order valence-corrected chi connectivity index (χ3v) is 10.6. The molecule has 30 nitrogen and oxygen atoms in total. The number of aliphatic hydroxyl groups excluding tert-OH is 11. The van der Waals surface area contributed by atoms with Crippen molar-refractivity contribution in [2.75, 3.05) is 13.2 Å². The molecular formula is C34H50N2O28. The fourth-order valence-electron chi connectivity index (χ4n) is 7.48. The van der Waals surface area contributed by atoms with Crippen molar-refractivity contribution in [2.24, 2.45) is 0 Å². The first kappa shape index (κ1) is 51.1. The molecule has 64 heavy (non-hydrogen) atoms. The highest BCUT2D eigenvalue weighted by molar-refractivity contribution is 5.84. The molecular weight excluding hydrogens is 884 g/mol. The van der Waals surface area contributed by atoms with Crippen molar-refractivity contribution in [3.05, 3.63) is 11.8 Å². The second-order valence-corrected chi connectivity index (χ2v) is 15.1. The van der Waals surface area contributed by atoms with Crippen molar-refractivity contribution in [1.82, 2.24) is 10.6 Å². The molecule has 0 aromatic carbocycles. The van der Waals surface area contributed by atoms with Gasteiger partial charge < -0.3 is 125 Å². The molecule has 0 aliphatic carbocycles. The molecule has 0 bridgehead atoms. The van der Waals surface area contributed by atoms with Gasteiger partial charge in [0, 0.05) is 13.8 Å². The molecule has 5 heterocycles. The third-order valence-electron chi connectivity index (χ3n) is 10.6. The van der Waals surface area contributed by atoms with Crippen molar-refractivity contribution in [1.29, 1.82) is 0 Å². The van der Waals surface area contributed by atoms with Gasteiger partial charge in [-0.2, -0.15) is 0 Å². The van der Waals surface area contributed by atoms with Crippen molar-refractivity contribution in [3.8, 4) is 0 Å². The van der Waals surface area contributed by atoms with E-state index in [1.54, 1.807) is 0 Å². The number of ether oxygens (including phenoxy) is 9. The van der Waals surface area contributed by atoms with Crippen LogP contribution in [0, 0.1) is 0 Å². The predicted molar refractivity (Wildman–Crippen MR) is 190 cm³/mol. The van der Waals surface area contributed by atoms with Gasteiger partial charge in [0.2, 0.25) is 23.9 Å². The Morgan fingerprint density at radius 1 is 0.531 bits per heavy atom. The third kappa shape index (κ3) is 10.9. The zero-order chi connectivity index (χ0) is 47.6. The molecule has 30 heteroatoms. The van der Waals surface area contributed by atoms with E-state index >= 15 is 0 Å². The molecule has 0 aromatic rings. The molecule has 5 unspecified atom stereocenters. The molecule has 5 rings (SSSR count). The zero-order valence-corrected chi connectivity index (χ0v) is 33.2. The van der Waals surface area contributed by atoms with E-state index in [9.17, 15) is 95.5 Å². The van der Waals surface area contributed by atoms with E-state index in [1.165, 1.54) is 0 Å². The summed E-state index contributed by atoms with van der Waals surface area (Å²) in [6.07, 6.45) is -43.1. The first-order valence-electron chi connectivity index (χ1n) is 19.2. The Kier molecular flexibility index (Phi) is 16.9. The van der Waals surface area contributed by atoms with Crippen LogP contribution >= 0.6 is 0 Å². The van der Waals surface area contributed by atoms with Crippen LogP contribution in [0.5, 0.6) is 0 Å². The molecule has 364 valence electrons. The van der Waals surface area contributed by atoms with Crippen LogP contribution < -0.4 is 10.6 Å². The van der Waals surface area contributed by atoms with Crippen LogP contribution in [0.15, 0.2) is 11.8 Å². The molecule has 0 saturated carbocycles. The van der Waals surface area contributed by atoms with E-state index in [4.69, 9.17) is 42.6 Å². The largest absolute Gasteiger partial charge is 0.479 e. The number of aliphatic carboxylic acids is 3. The van der Waals surface area contributed by atoms with Gasteiger partial charge in [0.1, 0.15) is 97.5 Å². The topological polar surface area (TPSA) is 476 Å². The lowest BCUT2D eigenvalue weighted by molar-refractivity contribution is -0.373. The number of carboxylic acid groups (broad SMARTS) is 3. The Morgan fingerprint density at radius 3 is 1.38 bits per heavy atom. The molecule has 16 N–H and O–H groups in total. The van der Waals surface area contributed by atoms with Gasteiger partial charge in [-0.25, -0.2) is 14.4 Å². The zero-order valence-electron chi connectivity index (χ0n) is 33.2. The highest BCUT2D eigenvalue weighted by atomic mass is 16.8. The first-order chi connectivity index (χ1) is 30.0. The summed E-state index contributed by atoms with van der Waals surface area (Å²) in [5.74, 6) is -8.04. The number of hydrogen-bond acceptors (Lipinski definition) is 25. The van der Waals surface area contributed by atoms with Crippen LogP contribution in [0.2, 0.25) is 0 Å². The predicted octanol–water partition coefficient (Wildman–Crippen LogP) is -10.2. The Labute approximate surface area is 358 Å². The minimum atomic E-state index is -2.38. The van der Waals surface area contributed by atoms with E-state index in [2.05, 4.69) is 10.6 Å². The number of carboxylic acids is 3. The number of carbonyl (C=O) groups is 5. The maximum atomic E-state index is 12.6. The highest BCUT2D eigenvalue weighted by Crippen LogP contribution is 2.35. The lowest BCUT2D eigenvalue weighted by Crippen LogP contribution is -2.70. The standard InChI is InChI=1S/C34H50N2O28/c1-6(39)35-12-15(43)21(60-33-14(42)8(41)3-9(56-33)27(49)50)10(4-37)57-32(12)63-24-18(46)20(48)34(64-26(24)29(53)54)61-22-11(5-38)58-31(13(16(22)44)36-7(2)40)62-23-17(45)19(47)30(55)59-25(23)28(51)52/h3,8,10-26,30-34,37-38,41-48,55H,4-5H2,1-2H3,(H,35,39)(H,36,40)(H,49,50)(H,51,52)(H,53,54)/t8-,10+,11+,12+,13+,14?,15+,16+,17+,18+,19+,20+,21?,22?,23-,24-,25?,26?,30+,31+,32+,33-,34+/m0/s1. The van der Waals surface area contributed by atoms with Crippen LogP contribution in [-0.2, 0) is 66.6 Å². The molecule has 4 saturated heterocycles. The van der Waals surface area contributed by atoms with E-state index in [-0.39, 0.29) is 0 Å². The summed E-state index contributed by atoms with van der Waals surface area (Å²) < 4.78 is 49.1. The number of nitrogens with one attached hydrogen (secondary N) is 2. The molecule has 2 amide bonds. The smallest absolute Gasteiger partial charge is 0.371 e. The number of carbonyl (C=O) groups excluding carboxylic acids is 2. The fourth-order valence-corrected chi connectivity index (χ4v) is 7.48. The van der Waals surface area contributed by atoms with E-state index in [0.717, 1.165) is 13.8 Å². The van der Waals surface area contributed by atoms with Crippen LogP contribution in [0.3, 0.4) is 0 Å². The molecule has 0 aromatic heterocycles. The summed E-state index contributed by atoms with van der Waals surface area (Å²) >= 11 is 0. The molecule has 5 aliphatic heterocycles. The second kappa shape index (κ2) is 21.2. The highest BCUT2D eigenvalue weighted by Gasteiger charge is 2.58. The first-order valence-corrected chi connectivity index (χ1v) is 19.2. The quantitative estimate of drug-likeness (QED) is 0.0725. The second-order valence-electron chi connectivity index (χ2n) is 15.1. The van der Waals surface area contributed by atoms with Gasteiger partial charge in [0.25, 0.3) is 0 Å². The van der Waals surface area contributed by atoms with Gasteiger partial charge in [-0.3, -0.25) is 9.59 Å². The van der Waals surface area contributed by atoms with Crippen LogP contribution in [-0.4, -0.2) is 256 Å². The Hall–Kier alpha value is -3.87. The Morgan fingerprint density at radius 2 is 0.953 bits per heavy atom. The maximum Gasteiger partial charge on any atom is 0.371 e. The van der Waals surface area contributed by atoms with Gasteiger partial charge in [0.15, 0.2) is 37.4 Å². The van der Waals surface area contributed by atoms with Crippen molar-refractivity contribution in [3.63, 3.8) is 0 Å². The van der Waals surface area contributed by atoms with Gasteiger partial charge in [-0.05, 0) is 6.08 Å². The van der Waals surface area contributed by atoms with Crippen molar-refractivity contribution in [2.45, 2.75) is 155 Å². The molecule has 5 aliphatic rings. The van der Waals surface area contributed by atoms with Gasteiger partial charge in [0.05, 0.1) is 13.2 Å². The number of hydrogen-bond donors (Lipinski definition) is 16. The summed E-state index contributed by atoms with van der Waals surface area (Å²) in [5.41, 5.74) is 0. The van der Waals surface area contributed by atoms with Gasteiger partial charge in [-0.1, -0.05) is 0 Å². The lowest BCUT2D eigenvalue weighted by atomic mass is 9.94. The minimum absolute atomic E-state index is 0.652. The average molecular weight is 935 g/mol. The SMILES string of the molecule is CC(=O)N[C@H]1[C@@H](O[C@@H]2C(C(=O)O)O[C@@H](O)[C@H](O)[C@H]2O)O[C@H](CO)C(O[C@@H]2OC(C(=O)O)[C@@H](O[C@H]3O[C@H](CO)C(O[C@@H]4OC(C(=O)O)=C[C@H](O)C4O)[C@H](O)[C@H]3NC(C)=O)[C@H](O)[C@H]2O)[C@@H]1O. The number of aliphatic hydroxyl groups is 11. The van der Waals surface area contributed by atoms with E-state index in [0.29, 0.717) is 6.08 Å². The van der Waals surface area contributed by atoms with E-state index in [1.807, 2.05) is 0 Å². The summed E-state index contributed by atoms with van der Waals surface area (Å²) in [5, 5.41) is 151. The lowest BCUT2D eigenvalue weighted by Gasteiger charge is -2.49. The minimum Gasteiger partial charge on any atom is -0.479 e. The number of rotatable bonds is 15. The van der Waals surface area contributed by atoms with Crippen LogP contribution in [0.4, 0.5) is 0 Å². The monoisotopic (exact) mass is 934 g/mol. The normalized spacial score (nSPS) is 45.0. The average Bonchev–Trinajstić information content (AvgIpc) is 3.22. The maximum absolute atomic E-state index is 12.6. The summed E-state index contributed by atoms with van der Waals surface area (Å²) in [7, 11) is 0. The van der Waals surface area contributed by atoms with Gasteiger partial charge >= 0.3 is 17.9 Å². The van der Waals surface area contributed by atoms with Crippen molar-refractivity contribution < 1.29 is 138 Å². The molecule has 0 radical (unpaired) electrons. The van der Waals surface area contributed by atoms with Crippen molar-refractivity contribution >= 4 is 29.7 Å². The Bertz CT molecular complexity index is 1710. The summed E-state index contributed by atoms with van der Waals surface area (Å²) in [6.45, 7) is -0.251.